The molecule has 0 atom stereocenters. The first-order valence-electron chi connectivity index (χ1n) is 6.67. The summed E-state index contributed by atoms with van der Waals surface area (Å²) in [6.07, 6.45) is -4.86. The molecule has 10 heteroatoms. The highest BCUT2D eigenvalue weighted by Gasteiger charge is 2.36. The van der Waals surface area contributed by atoms with E-state index in [2.05, 4.69) is 15.2 Å². The fraction of sp³-hybridized carbons (Fsp3) is 0.286. The lowest BCUT2D eigenvalue weighted by Crippen LogP contribution is -2.29. The summed E-state index contributed by atoms with van der Waals surface area (Å²) in [5.41, 5.74) is -2.49. The van der Waals surface area contributed by atoms with Crippen LogP contribution >= 0.6 is 0 Å². The second-order valence-corrected chi connectivity index (χ2v) is 5.06. The molecule has 2 rings (SSSR count). The zero-order valence-electron chi connectivity index (χ0n) is 12.7. The number of carboxylic acid groups (broad SMARTS) is 1. The number of aromatic amines is 1. The van der Waals surface area contributed by atoms with Crippen LogP contribution in [-0.2, 0) is 12.7 Å². The lowest BCUT2D eigenvalue weighted by Gasteiger charge is -2.19. The molecule has 2 N–H and O–H groups in total. The highest BCUT2D eigenvalue weighted by Crippen LogP contribution is 2.33. The number of carbonyl (C=O) groups is 2. The second kappa shape index (κ2) is 6.30. The molecule has 0 bridgehead atoms. The minimum atomic E-state index is -4.86. The summed E-state index contributed by atoms with van der Waals surface area (Å²) < 4.78 is 39.5. The van der Waals surface area contributed by atoms with Gasteiger partial charge in [0.1, 0.15) is 5.82 Å². The van der Waals surface area contributed by atoms with Crippen molar-refractivity contribution >= 4 is 11.9 Å². The lowest BCUT2D eigenvalue weighted by molar-refractivity contribution is -0.138. The summed E-state index contributed by atoms with van der Waals surface area (Å²) in [7, 11) is 1.30. The Bertz CT molecular complexity index is 786. The van der Waals surface area contributed by atoms with E-state index in [0.717, 1.165) is 17.0 Å². The number of H-pyrrole nitrogens is 1. The number of alkyl halides is 3. The fourth-order valence-electron chi connectivity index (χ4n) is 2.05. The Hall–Kier alpha value is -2.91. The molecule has 0 aliphatic heterocycles. The predicted molar refractivity (Wildman–Crippen MR) is 75.3 cm³/mol. The van der Waals surface area contributed by atoms with E-state index in [9.17, 15) is 22.8 Å². The first-order chi connectivity index (χ1) is 11.1. The van der Waals surface area contributed by atoms with Crippen LogP contribution in [0.5, 0.6) is 0 Å². The Morgan fingerprint density at radius 1 is 1.33 bits per heavy atom. The number of nitrogens with zero attached hydrogens (tertiary/aromatic N) is 3. The number of halogens is 3. The average Bonchev–Trinajstić information content (AvgIpc) is 2.90. The van der Waals surface area contributed by atoms with Crippen LogP contribution in [0.4, 0.5) is 13.2 Å². The molecule has 1 aromatic carbocycles. The van der Waals surface area contributed by atoms with Gasteiger partial charge in [-0.05, 0) is 25.1 Å². The number of rotatable bonds is 4. The summed E-state index contributed by atoms with van der Waals surface area (Å²) in [4.78, 5) is 28.2. The van der Waals surface area contributed by atoms with E-state index in [0.29, 0.717) is 11.9 Å². The molecule has 0 saturated heterocycles. The molecule has 0 aliphatic carbocycles. The molecule has 1 amide bonds. The van der Waals surface area contributed by atoms with Crippen molar-refractivity contribution in [3.63, 3.8) is 0 Å². The summed E-state index contributed by atoms with van der Waals surface area (Å²) in [5, 5.41) is 15.2. The van der Waals surface area contributed by atoms with Gasteiger partial charge in [0, 0.05) is 7.05 Å². The van der Waals surface area contributed by atoms with Crippen molar-refractivity contribution in [2.75, 3.05) is 7.05 Å². The minimum Gasteiger partial charge on any atom is -0.478 e. The number of benzene rings is 1. The summed E-state index contributed by atoms with van der Waals surface area (Å²) in [6, 6.07) is 2.25. The Morgan fingerprint density at radius 2 is 2.00 bits per heavy atom. The first-order valence-corrected chi connectivity index (χ1v) is 6.67. The Morgan fingerprint density at radius 3 is 2.50 bits per heavy atom. The number of aromatic nitrogens is 3. The number of hydrogen-bond acceptors (Lipinski definition) is 4. The first kappa shape index (κ1) is 17.4. The van der Waals surface area contributed by atoms with Gasteiger partial charge in [-0.25, -0.2) is 9.78 Å². The summed E-state index contributed by atoms with van der Waals surface area (Å²) in [5.74, 6) is -1.67. The van der Waals surface area contributed by atoms with Crippen LogP contribution in [0.15, 0.2) is 18.2 Å². The van der Waals surface area contributed by atoms with E-state index < -0.39 is 34.7 Å². The Balaban J connectivity index is 2.35. The van der Waals surface area contributed by atoms with Crippen LogP contribution in [0, 0.1) is 6.92 Å². The Kier molecular flexibility index (Phi) is 4.58. The number of aromatic carboxylic acids is 1. The molecular weight excluding hydrogens is 329 g/mol. The number of carboxylic acids is 1. The molecule has 0 spiro atoms. The highest BCUT2D eigenvalue weighted by atomic mass is 19.4. The zero-order chi connectivity index (χ0) is 18.1. The third kappa shape index (κ3) is 3.70. The van der Waals surface area contributed by atoms with Crippen LogP contribution in [0.1, 0.15) is 37.9 Å². The lowest BCUT2D eigenvalue weighted by atomic mass is 10.0. The topological polar surface area (TPSA) is 99.2 Å². The van der Waals surface area contributed by atoms with E-state index in [1.54, 1.807) is 6.92 Å². The van der Waals surface area contributed by atoms with Crippen LogP contribution in [0.25, 0.3) is 0 Å². The van der Waals surface area contributed by atoms with Crippen molar-refractivity contribution in [3.8, 4) is 0 Å². The minimum absolute atomic E-state index is 0.0961. The molecule has 0 unspecified atom stereocenters. The quantitative estimate of drug-likeness (QED) is 0.886. The van der Waals surface area contributed by atoms with Gasteiger partial charge in [-0.15, -0.1) is 0 Å². The molecule has 0 saturated carbocycles. The van der Waals surface area contributed by atoms with Crippen molar-refractivity contribution < 1.29 is 27.9 Å². The number of nitrogens with one attached hydrogen (secondary N) is 1. The van der Waals surface area contributed by atoms with E-state index in [1.807, 2.05) is 0 Å². The van der Waals surface area contributed by atoms with Gasteiger partial charge in [0.2, 0.25) is 0 Å². The standard InChI is InChI=1S/C14H13F3N4O3/c1-7-18-11(20-19-7)6-21(2)12(22)9-4-3-8(13(23)24)5-10(9)14(15,16)17/h3-5H,6H2,1-2H3,(H,23,24)(H,18,19,20). The smallest absolute Gasteiger partial charge is 0.417 e. The van der Waals surface area contributed by atoms with Crippen LogP contribution < -0.4 is 0 Å². The van der Waals surface area contributed by atoms with Crippen molar-refractivity contribution in [3.05, 3.63) is 46.5 Å². The SMILES string of the molecule is Cc1nc(CN(C)C(=O)c2ccc(C(=O)O)cc2C(F)(F)F)n[nH]1. The summed E-state index contributed by atoms with van der Waals surface area (Å²) in [6.45, 7) is 1.55. The van der Waals surface area contributed by atoms with Gasteiger partial charge in [-0.2, -0.15) is 18.3 Å². The normalized spacial score (nSPS) is 11.4. The third-order valence-electron chi connectivity index (χ3n) is 3.17. The maximum atomic E-state index is 13.2. The molecule has 7 nitrogen and oxygen atoms in total. The largest absolute Gasteiger partial charge is 0.478 e. The fourth-order valence-corrected chi connectivity index (χ4v) is 2.05. The van der Waals surface area contributed by atoms with E-state index >= 15 is 0 Å². The second-order valence-electron chi connectivity index (χ2n) is 5.06. The molecule has 2 aromatic rings. The summed E-state index contributed by atoms with van der Waals surface area (Å²) >= 11 is 0. The molecule has 0 aliphatic rings. The van der Waals surface area contributed by atoms with Crippen molar-refractivity contribution in [1.29, 1.82) is 0 Å². The van der Waals surface area contributed by atoms with Crippen LogP contribution in [-0.4, -0.2) is 44.1 Å². The molecule has 0 fully saturated rings. The number of amides is 1. The molecule has 1 heterocycles. The van der Waals surface area contributed by atoms with Gasteiger partial charge < -0.3 is 10.0 Å². The zero-order valence-corrected chi connectivity index (χ0v) is 12.7. The predicted octanol–water partition coefficient (Wildman–Crippen LogP) is 2.10. The molecule has 0 radical (unpaired) electrons. The van der Waals surface area contributed by atoms with Crippen molar-refractivity contribution in [2.45, 2.75) is 19.6 Å². The maximum Gasteiger partial charge on any atom is 0.417 e. The van der Waals surface area contributed by atoms with Gasteiger partial charge in [0.05, 0.1) is 23.2 Å². The molecular formula is C14H13F3N4O3. The monoisotopic (exact) mass is 342 g/mol. The van der Waals surface area contributed by atoms with E-state index in [1.165, 1.54) is 7.05 Å². The van der Waals surface area contributed by atoms with Gasteiger partial charge in [0.25, 0.3) is 5.91 Å². The molecule has 1 aromatic heterocycles. The maximum absolute atomic E-state index is 13.2. The van der Waals surface area contributed by atoms with Crippen molar-refractivity contribution in [2.24, 2.45) is 0 Å². The molecule has 24 heavy (non-hydrogen) atoms. The number of carbonyl (C=O) groups excluding carboxylic acids is 1. The van der Waals surface area contributed by atoms with Gasteiger partial charge in [-0.3, -0.25) is 9.89 Å². The van der Waals surface area contributed by atoms with E-state index in [4.69, 9.17) is 5.11 Å². The average molecular weight is 342 g/mol. The van der Waals surface area contributed by atoms with Crippen LogP contribution in [0.3, 0.4) is 0 Å². The van der Waals surface area contributed by atoms with Crippen molar-refractivity contribution in [1.82, 2.24) is 20.1 Å². The van der Waals surface area contributed by atoms with Crippen LogP contribution in [0.2, 0.25) is 0 Å². The van der Waals surface area contributed by atoms with Gasteiger partial charge in [-0.1, -0.05) is 0 Å². The number of hydrogen-bond donors (Lipinski definition) is 2. The van der Waals surface area contributed by atoms with Gasteiger partial charge in [0.15, 0.2) is 5.82 Å². The van der Waals surface area contributed by atoms with Gasteiger partial charge >= 0.3 is 12.1 Å². The van der Waals surface area contributed by atoms with E-state index in [-0.39, 0.29) is 12.4 Å². The highest BCUT2D eigenvalue weighted by molar-refractivity contribution is 5.97. The molecule has 128 valence electrons. The number of aryl methyl sites for hydroxylation is 1. The third-order valence-corrected chi connectivity index (χ3v) is 3.17. The Labute approximate surface area is 134 Å².